The Hall–Kier alpha value is -2.90. The van der Waals surface area contributed by atoms with Crippen LogP contribution in [0.3, 0.4) is 0 Å². The Morgan fingerprint density at radius 2 is 1.93 bits per heavy atom. The molecule has 0 aliphatic heterocycles. The van der Waals surface area contributed by atoms with Gasteiger partial charge in [0.25, 0.3) is 0 Å². The van der Waals surface area contributed by atoms with Gasteiger partial charge in [-0.25, -0.2) is 4.39 Å². The second-order valence-corrected chi connectivity index (χ2v) is 7.10. The van der Waals surface area contributed by atoms with E-state index in [1.807, 2.05) is 0 Å². The van der Waals surface area contributed by atoms with E-state index in [1.54, 1.807) is 25.1 Å². The van der Waals surface area contributed by atoms with Crippen LogP contribution in [0.2, 0.25) is 0 Å². The maximum Gasteiger partial charge on any atom is 0.415 e. The number of aromatic nitrogens is 1. The van der Waals surface area contributed by atoms with Crippen LogP contribution < -0.4 is 5.32 Å². The average Bonchev–Trinajstić information content (AvgIpc) is 3.47. The number of carbonyl (C=O) groups excluding carboxylic acids is 1. The van der Waals surface area contributed by atoms with Gasteiger partial charge < -0.3 is 10.1 Å². The van der Waals surface area contributed by atoms with Gasteiger partial charge in [0.15, 0.2) is 5.83 Å². The van der Waals surface area contributed by atoms with Crippen molar-refractivity contribution in [1.82, 2.24) is 10.3 Å². The highest BCUT2D eigenvalue weighted by atomic mass is 19.4. The predicted molar refractivity (Wildman–Crippen MR) is 107 cm³/mol. The summed E-state index contributed by atoms with van der Waals surface area (Å²) in [5.74, 6) is -1.01. The molecule has 2 rings (SSSR count). The van der Waals surface area contributed by atoms with Crippen molar-refractivity contribution in [2.75, 3.05) is 7.11 Å². The minimum atomic E-state index is -4.59. The van der Waals surface area contributed by atoms with Gasteiger partial charge in [-0.05, 0) is 51.3 Å². The Balaban J connectivity index is 2.20. The van der Waals surface area contributed by atoms with Crippen molar-refractivity contribution >= 4 is 11.5 Å². The molecule has 1 aliphatic rings. The molecule has 30 heavy (non-hydrogen) atoms. The number of hydrogen-bond acceptors (Lipinski definition) is 3. The minimum absolute atomic E-state index is 0.0911. The third-order valence-corrected chi connectivity index (χ3v) is 4.95. The first-order chi connectivity index (χ1) is 13.9. The van der Waals surface area contributed by atoms with Crippen LogP contribution in [0.25, 0.3) is 5.57 Å². The molecule has 1 saturated carbocycles. The van der Waals surface area contributed by atoms with Crippen molar-refractivity contribution in [3.63, 3.8) is 0 Å². The molecular weight excluding hydrogens is 400 g/mol. The van der Waals surface area contributed by atoms with Gasteiger partial charge in [-0.15, -0.1) is 0 Å². The Morgan fingerprint density at radius 1 is 1.30 bits per heavy atom. The third kappa shape index (κ3) is 5.17. The molecule has 1 N–H and O–H groups in total. The van der Waals surface area contributed by atoms with Crippen LogP contribution in [0.4, 0.5) is 17.6 Å². The number of carbonyl (C=O) groups is 1. The van der Waals surface area contributed by atoms with Crippen molar-refractivity contribution in [1.29, 1.82) is 0 Å². The average molecular weight is 424 g/mol. The molecule has 1 heterocycles. The number of allylic oxidation sites excluding steroid dienone is 6. The van der Waals surface area contributed by atoms with Gasteiger partial charge in [0, 0.05) is 22.9 Å². The molecule has 0 unspecified atom stereocenters. The number of methoxy groups -OCH3 is 1. The summed E-state index contributed by atoms with van der Waals surface area (Å²) in [7, 11) is 1.37. The van der Waals surface area contributed by atoms with Crippen LogP contribution >= 0.6 is 0 Å². The lowest BCUT2D eigenvalue weighted by Gasteiger charge is -2.19. The zero-order chi connectivity index (χ0) is 22.7. The van der Waals surface area contributed by atoms with E-state index in [0.29, 0.717) is 24.1 Å². The second kappa shape index (κ2) is 8.85. The zero-order valence-electron chi connectivity index (χ0n) is 17.3. The molecule has 8 heteroatoms. The first-order valence-electron chi connectivity index (χ1n) is 9.26. The molecule has 0 atom stereocenters. The van der Waals surface area contributed by atoms with Gasteiger partial charge in [0.1, 0.15) is 5.76 Å². The fourth-order valence-corrected chi connectivity index (χ4v) is 2.84. The molecule has 1 aromatic heterocycles. The first-order valence-corrected chi connectivity index (χ1v) is 9.26. The van der Waals surface area contributed by atoms with E-state index in [2.05, 4.69) is 16.9 Å². The summed E-state index contributed by atoms with van der Waals surface area (Å²) >= 11 is 0. The van der Waals surface area contributed by atoms with Crippen molar-refractivity contribution < 1.29 is 27.1 Å². The van der Waals surface area contributed by atoms with E-state index in [0.717, 1.165) is 6.08 Å². The Kier molecular flexibility index (Phi) is 6.90. The molecule has 1 fully saturated rings. The molecule has 1 aliphatic carbocycles. The van der Waals surface area contributed by atoms with Crippen LogP contribution in [-0.4, -0.2) is 24.2 Å². The van der Waals surface area contributed by atoms with Crippen LogP contribution in [0.1, 0.15) is 44.9 Å². The molecule has 0 saturated heterocycles. The summed E-state index contributed by atoms with van der Waals surface area (Å²) in [5, 5.41) is 2.78. The van der Waals surface area contributed by atoms with Crippen molar-refractivity contribution in [3.05, 3.63) is 71.1 Å². The molecule has 1 aromatic rings. The predicted octanol–water partition coefficient (Wildman–Crippen LogP) is 5.50. The molecule has 0 bridgehead atoms. The van der Waals surface area contributed by atoms with Crippen LogP contribution in [-0.2, 0) is 15.1 Å². The van der Waals surface area contributed by atoms with Crippen LogP contribution in [0, 0.1) is 0 Å². The van der Waals surface area contributed by atoms with E-state index < -0.39 is 29.0 Å². The molecule has 162 valence electrons. The molecule has 1 amide bonds. The maximum atomic E-state index is 14.4. The summed E-state index contributed by atoms with van der Waals surface area (Å²) < 4.78 is 57.2. The Labute approximate surface area is 173 Å². The second-order valence-electron chi connectivity index (χ2n) is 7.10. The van der Waals surface area contributed by atoms with Gasteiger partial charge >= 0.3 is 6.18 Å². The number of rotatable bonds is 7. The maximum absolute atomic E-state index is 14.4. The summed E-state index contributed by atoms with van der Waals surface area (Å²) in [6.45, 7) is 7.43. The number of nitrogens with one attached hydrogen (secondary N) is 1. The van der Waals surface area contributed by atoms with E-state index in [-0.39, 0.29) is 16.9 Å². The van der Waals surface area contributed by atoms with E-state index in [4.69, 9.17) is 4.74 Å². The standard InChI is InChI=1S/C22H24F4N2O2/c1-6-17(19(23)15(4)30-5)18-8-7-16(12-27-18)21(9-10-21)28-20(29)13(2)11-14(3)22(24,25)26/h6-8,11-12H,3,9-10H2,1-2,4-5H3,(H,28,29)/b13-11+,17-6-,19-15-. The number of halogens is 4. The monoisotopic (exact) mass is 424 g/mol. The lowest BCUT2D eigenvalue weighted by molar-refractivity contribution is -0.118. The zero-order valence-corrected chi connectivity index (χ0v) is 17.3. The number of amides is 1. The SMILES string of the molecule is C=C(/C=C(\C)C(=O)NC1(c2ccc(C(=C/C)/C(F)=C(\C)OC)nc2)CC1)C(F)(F)F. The van der Waals surface area contributed by atoms with Gasteiger partial charge in [-0.2, -0.15) is 13.2 Å². The van der Waals surface area contributed by atoms with E-state index >= 15 is 0 Å². The van der Waals surface area contributed by atoms with E-state index in [9.17, 15) is 22.4 Å². The largest absolute Gasteiger partial charge is 0.498 e. The normalized spacial score (nSPS) is 17.2. The molecule has 0 spiro atoms. The Bertz CT molecular complexity index is 921. The highest BCUT2D eigenvalue weighted by Gasteiger charge is 2.46. The fraction of sp³-hybridized carbons (Fsp3) is 0.364. The topological polar surface area (TPSA) is 51.2 Å². The molecular formula is C22H24F4N2O2. The third-order valence-electron chi connectivity index (χ3n) is 4.95. The lowest BCUT2D eigenvalue weighted by Crippen LogP contribution is -2.35. The quantitative estimate of drug-likeness (QED) is 0.272. The summed E-state index contributed by atoms with van der Waals surface area (Å²) in [6.07, 6.45) is 0.499. The van der Waals surface area contributed by atoms with Crippen molar-refractivity contribution in [3.8, 4) is 0 Å². The van der Waals surface area contributed by atoms with Gasteiger partial charge in [-0.3, -0.25) is 9.78 Å². The van der Waals surface area contributed by atoms with Gasteiger partial charge in [0.2, 0.25) is 5.91 Å². The molecule has 0 aromatic carbocycles. The fourth-order valence-electron chi connectivity index (χ4n) is 2.84. The van der Waals surface area contributed by atoms with Crippen molar-refractivity contribution in [2.24, 2.45) is 0 Å². The number of alkyl halides is 3. The highest BCUT2D eigenvalue weighted by Crippen LogP contribution is 2.45. The summed E-state index contributed by atoms with van der Waals surface area (Å²) in [5.41, 5.74) is -0.498. The number of hydrogen-bond donors (Lipinski definition) is 1. The molecule has 4 nitrogen and oxygen atoms in total. The Morgan fingerprint density at radius 3 is 2.37 bits per heavy atom. The van der Waals surface area contributed by atoms with Crippen LogP contribution in [0.15, 0.2) is 59.8 Å². The smallest absolute Gasteiger partial charge is 0.415 e. The molecule has 0 radical (unpaired) electrons. The number of nitrogens with zero attached hydrogens (tertiary/aromatic N) is 1. The van der Waals surface area contributed by atoms with Gasteiger partial charge in [0.05, 0.1) is 18.3 Å². The van der Waals surface area contributed by atoms with Crippen LogP contribution in [0.5, 0.6) is 0 Å². The number of pyridine rings is 1. The van der Waals surface area contributed by atoms with Gasteiger partial charge in [-0.1, -0.05) is 18.7 Å². The van der Waals surface area contributed by atoms with E-state index in [1.165, 1.54) is 27.2 Å². The minimum Gasteiger partial charge on any atom is -0.498 e. The van der Waals surface area contributed by atoms with Crippen molar-refractivity contribution in [2.45, 2.75) is 45.3 Å². The highest BCUT2D eigenvalue weighted by molar-refractivity contribution is 5.94. The summed E-state index contributed by atoms with van der Waals surface area (Å²) in [4.78, 5) is 16.7. The first kappa shape index (κ1) is 23.4. The lowest BCUT2D eigenvalue weighted by atomic mass is 10.0. The summed E-state index contributed by atoms with van der Waals surface area (Å²) in [6, 6.07) is 3.36. The number of ether oxygens (including phenoxy) is 1.